The van der Waals surface area contributed by atoms with E-state index in [4.69, 9.17) is 23.2 Å². The Morgan fingerprint density at radius 2 is 1.48 bits per heavy atom. The molecule has 0 aliphatic heterocycles. The fourth-order valence-electron chi connectivity index (χ4n) is 2.47. The summed E-state index contributed by atoms with van der Waals surface area (Å²) in [6.45, 7) is 4.96. The van der Waals surface area contributed by atoms with Crippen LogP contribution < -0.4 is 23.2 Å². The van der Waals surface area contributed by atoms with E-state index in [1.165, 1.54) is 0 Å². The maximum atomic E-state index is 11.2. The molecule has 0 aliphatic rings. The second kappa shape index (κ2) is 9.41. The van der Waals surface area contributed by atoms with Gasteiger partial charge in [0.25, 0.3) is 0 Å². The molecule has 0 radical (unpaired) electrons. The molecular formula is C13H30N6O2. The Kier molecular flexibility index (Phi) is 8.72. The van der Waals surface area contributed by atoms with E-state index in [0.717, 1.165) is 42.1 Å². The van der Waals surface area contributed by atoms with Crippen molar-refractivity contribution in [1.29, 1.82) is 0 Å². The second-order valence-electron chi connectivity index (χ2n) is 5.56. The summed E-state index contributed by atoms with van der Waals surface area (Å²) in [5, 5.41) is 2.06. The van der Waals surface area contributed by atoms with Crippen molar-refractivity contribution in [2.24, 2.45) is 28.6 Å². The number of nitrogens with zero attached hydrogens (tertiary/aromatic N) is 2. The highest BCUT2D eigenvalue weighted by molar-refractivity contribution is 5.71. The summed E-state index contributed by atoms with van der Waals surface area (Å²) in [7, 11) is 0. The molecule has 1 atom stereocenters. The van der Waals surface area contributed by atoms with Crippen molar-refractivity contribution >= 4 is 12.1 Å². The predicted molar refractivity (Wildman–Crippen MR) is 82.4 cm³/mol. The van der Waals surface area contributed by atoms with Gasteiger partial charge in [-0.1, -0.05) is 26.7 Å². The minimum absolute atomic E-state index is 0.113. The van der Waals surface area contributed by atoms with Crippen LogP contribution in [0.5, 0.6) is 0 Å². The Hall–Kier alpha value is -1.54. The molecule has 8 N–H and O–H groups in total. The summed E-state index contributed by atoms with van der Waals surface area (Å²) in [5.74, 6) is 11.2. The lowest BCUT2D eigenvalue weighted by molar-refractivity contribution is 0.127. The standard InChI is InChI=1S/C13H30N6O2/c1-3-5-7-13(4-2,10-19(17)12(15)21)8-6-9-18(16)11(14)20/h3-10,16-17H2,1-2H3,(H2,14,20)(H2,15,21). The fraction of sp³-hybridized carbons (Fsp3) is 0.846. The first-order chi connectivity index (χ1) is 9.78. The normalized spacial score (nSPS) is 13.5. The van der Waals surface area contributed by atoms with E-state index < -0.39 is 12.1 Å². The number of carbonyl (C=O) groups excluding carboxylic acids is 2. The van der Waals surface area contributed by atoms with Crippen molar-refractivity contribution in [2.75, 3.05) is 13.1 Å². The molecule has 0 aromatic rings. The van der Waals surface area contributed by atoms with Gasteiger partial charge in [0.1, 0.15) is 0 Å². The number of primary amides is 2. The summed E-state index contributed by atoms with van der Waals surface area (Å²) in [6, 6.07) is -1.29. The first-order valence-electron chi connectivity index (χ1n) is 7.41. The van der Waals surface area contributed by atoms with E-state index in [-0.39, 0.29) is 5.41 Å². The summed E-state index contributed by atoms with van der Waals surface area (Å²) in [6.07, 6.45) is 5.42. The molecule has 0 heterocycles. The molecule has 0 fully saturated rings. The van der Waals surface area contributed by atoms with Crippen LogP contribution in [0, 0.1) is 5.41 Å². The molecule has 21 heavy (non-hydrogen) atoms. The van der Waals surface area contributed by atoms with Crippen LogP contribution in [0.4, 0.5) is 9.59 Å². The second-order valence-corrected chi connectivity index (χ2v) is 5.56. The Bertz CT molecular complexity index is 339. The third-order valence-electron chi connectivity index (χ3n) is 3.99. The van der Waals surface area contributed by atoms with Gasteiger partial charge in [-0.3, -0.25) is 10.0 Å². The summed E-state index contributed by atoms with van der Waals surface area (Å²) < 4.78 is 0. The number of urea groups is 2. The van der Waals surface area contributed by atoms with E-state index in [1.807, 2.05) is 0 Å². The first-order valence-corrected chi connectivity index (χ1v) is 7.41. The molecule has 124 valence electrons. The largest absolute Gasteiger partial charge is 0.350 e. The highest BCUT2D eigenvalue weighted by atomic mass is 16.2. The van der Waals surface area contributed by atoms with Crippen LogP contribution in [-0.2, 0) is 0 Å². The van der Waals surface area contributed by atoms with Crippen molar-refractivity contribution in [3.05, 3.63) is 0 Å². The molecule has 0 saturated heterocycles. The molecule has 0 aliphatic carbocycles. The van der Waals surface area contributed by atoms with Crippen molar-refractivity contribution < 1.29 is 9.59 Å². The highest BCUT2D eigenvalue weighted by Gasteiger charge is 2.30. The van der Waals surface area contributed by atoms with Gasteiger partial charge in [-0.25, -0.2) is 21.3 Å². The quantitative estimate of drug-likeness (QED) is 0.269. The molecular weight excluding hydrogens is 272 g/mol. The van der Waals surface area contributed by atoms with E-state index >= 15 is 0 Å². The topological polar surface area (TPSA) is 145 Å². The zero-order valence-electron chi connectivity index (χ0n) is 13.2. The zero-order valence-corrected chi connectivity index (χ0v) is 13.2. The number of rotatable bonds is 10. The van der Waals surface area contributed by atoms with Gasteiger partial charge in [-0.05, 0) is 31.1 Å². The minimum atomic E-state index is -0.650. The number of unbranched alkanes of at least 4 members (excludes halogenated alkanes) is 1. The van der Waals surface area contributed by atoms with Crippen molar-refractivity contribution in [2.45, 2.75) is 52.4 Å². The molecule has 0 rings (SSSR count). The number of hydrogen-bond donors (Lipinski definition) is 4. The van der Waals surface area contributed by atoms with Crippen LogP contribution in [0.25, 0.3) is 0 Å². The minimum Gasteiger partial charge on any atom is -0.350 e. The third-order valence-corrected chi connectivity index (χ3v) is 3.99. The molecule has 4 amide bonds. The average Bonchev–Trinajstić information content (AvgIpc) is 2.43. The van der Waals surface area contributed by atoms with Gasteiger partial charge in [0.2, 0.25) is 0 Å². The number of hydrogen-bond acceptors (Lipinski definition) is 4. The van der Waals surface area contributed by atoms with Crippen molar-refractivity contribution in [1.82, 2.24) is 10.0 Å². The number of nitrogens with two attached hydrogens (primary N) is 4. The maximum Gasteiger partial charge on any atom is 0.328 e. The molecule has 8 heteroatoms. The van der Waals surface area contributed by atoms with Crippen LogP contribution in [0.3, 0.4) is 0 Å². The molecule has 0 aromatic carbocycles. The summed E-state index contributed by atoms with van der Waals surface area (Å²) in [5.41, 5.74) is 10.2. The number of amides is 4. The maximum absolute atomic E-state index is 11.2. The highest BCUT2D eigenvalue weighted by Crippen LogP contribution is 2.34. The zero-order chi connectivity index (χ0) is 16.5. The smallest absolute Gasteiger partial charge is 0.328 e. The average molecular weight is 302 g/mol. The molecule has 8 nitrogen and oxygen atoms in total. The lowest BCUT2D eigenvalue weighted by Gasteiger charge is -2.36. The summed E-state index contributed by atoms with van der Waals surface area (Å²) >= 11 is 0. The van der Waals surface area contributed by atoms with Crippen LogP contribution >= 0.6 is 0 Å². The molecule has 1 unspecified atom stereocenters. The van der Waals surface area contributed by atoms with Crippen LogP contribution in [0.15, 0.2) is 0 Å². The van der Waals surface area contributed by atoms with Gasteiger partial charge in [-0.15, -0.1) is 0 Å². The van der Waals surface area contributed by atoms with Crippen molar-refractivity contribution in [3.63, 3.8) is 0 Å². The van der Waals surface area contributed by atoms with Gasteiger partial charge in [0, 0.05) is 13.1 Å². The van der Waals surface area contributed by atoms with Crippen molar-refractivity contribution in [3.8, 4) is 0 Å². The van der Waals surface area contributed by atoms with Gasteiger partial charge in [0.05, 0.1) is 0 Å². The van der Waals surface area contributed by atoms with Crippen LogP contribution in [0.2, 0.25) is 0 Å². The van der Waals surface area contributed by atoms with Gasteiger partial charge >= 0.3 is 12.1 Å². The first kappa shape index (κ1) is 19.5. The lowest BCUT2D eigenvalue weighted by Crippen LogP contribution is -2.48. The Morgan fingerprint density at radius 3 is 1.90 bits per heavy atom. The predicted octanol–water partition coefficient (Wildman–Crippen LogP) is 0.862. The summed E-state index contributed by atoms with van der Waals surface area (Å²) in [4.78, 5) is 22.1. The van der Waals surface area contributed by atoms with Crippen LogP contribution in [-0.4, -0.2) is 35.2 Å². The molecule has 0 bridgehead atoms. The third kappa shape index (κ3) is 7.14. The fourth-order valence-corrected chi connectivity index (χ4v) is 2.47. The lowest BCUT2D eigenvalue weighted by atomic mass is 9.76. The Balaban J connectivity index is 4.69. The van der Waals surface area contributed by atoms with E-state index in [2.05, 4.69) is 13.8 Å². The van der Waals surface area contributed by atoms with E-state index in [0.29, 0.717) is 19.5 Å². The monoisotopic (exact) mass is 302 g/mol. The van der Waals surface area contributed by atoms with E-state index in [1.54, 1.807) is 0 Å². The van der Waals surface area contributed by atoms with E-state index in [9.17, 15) is 9.59 Å². The molecule has 0 spiro atoms. The molecule has 0 saturated carbocycles. The van der Waals surface area contributed by atoms with Gasteiger partial charge < -0.3 is 11.5 Å². The van der Waals surface area contributed by atoms with Gasteiger partial charge in [-0.2, -0.15) is 0 Å². The molecule has 0 aromatic heterocycles. The van der Waals surface area contributed by atoms with Crippen LogP contribution in [0.1, 0.15) is 52.4 Å². The number of carbonyl (C=O) groups is 2. The Morgan fingerprint density at radius 1 is 0.952 bits per heavy atom. The van der Waals surface area contributed by atoms with Gasteiger partial charge in [0.15, 0.2) is 0 Å². The Labute approximate surface area is 126 Å². The number of hydrazine groups is 2. The SMILES string of the molecule is CCCCC(CC)(CCCN(N)C(N)=O)CN(N)C(N)=O.